The lowest BCUT2D eigenvalue weighted by molar-refractivity contribution is -0.134. The molecule has 6 rings (SSSR count). The maximum absolute atomic E-state index is 9.01. The summed E-state index contributed by atoms with van der Waals surface area (Å²) in [6, 6.07) is 30.5. The number of para-hydroxylation sites is 1. The number of benzene rings is 4. The van der Waals surface area contributed by atoms with E-state index in [-0.39, 0.29) is 0 Å². The Balaban J connectivity index is 0.000000237. The van der Waals surface area contributed by atoms with E-state index >= 15 is 0 Å². The number of aliphatic carboxylic acids is 1. The molecule has 0 bridgehead atoms. The molecule has 40 heavy (non-hydrogen) atoms. The summed E-state index contributed by atoms with van der Waals surface area (Å²) >= 11 is 4.09. The number of nitrogens with one attached hydrogen (secondary N) is 1. The van der Waals surface area contributed by atoms with Crippen LogP contribution in [0.25, 0.3) is 11.1 Å². The van der Waals surface area contributed by atoms with Gasteiger partial charge in [-0.05, 0) is 96.6 Å². The number of rotatable bonds is 3. The van der Waals surface area contributed by atoms with Gasteiger partial charge >= 0.3 is 0 Å². The molecule has 4 aromatic rings. The van der Waals surface area contributed by atoms with E-state index in [1.54, 1.807) is 12.1 Å². The van der Waals surface area contributed by atoms with E-state index in [0.29, 0.717) is 11.2 Å². The second kappa shape index (κ2) is 13.4. The zero-order valence-electron chi connectivity index (χ0n) is 23.1. The Morgan fingerprint density at radius 3 is 2.10 bits per heavy atom. The largest absolute Gasteiger partial charge is 0.508 e. The quantitative estimate of drug-likeness (QED) is 0.190. The Hall–Kier alpha value is -3.90. The first-order valence-electron chi connectivity index (χ1n) is 13.7. The van der Waals surface area contributed by atoms with Crippen molar-refractivity contribution in [3.05, 3.63) is 102 Å². The fraction of sp³-hybridized carbons (Fsp3) is 0.265. The summed E-state index contributed by atoms with van der Waals surface area (Å²) in [5, 5.41) is 20.1. The Bertz CT molecular complexity index is 1400. The molecule has 0 saturated heterocycles. The summed E-state index contributed by atoms with van der Waals surface area (Å²) in [6.07, 6.45) is 6.74. The standard InChI is InChI=1S/C25H25NO.C7H8OS.C2H4O2/c1-3-7-21(8-4-1)27-22-12-9-19(10-13-22)20-11-14-24-23(17-20)25(18-26-24)15-5-2-6-16-25;1-5-4-6(9)2-3-7(5)8;1-2(3)4/h1,3-4,7-14,17,26H,2,5-6,15-16,18H2;2-4,8-9H,1H3;1H3,(H,3,4). The number of ether oxygens (including phenoxy) is 1. The fourth-order valence-corrected chi connectivity index (χ4v) is 5.60. The van der Waals surface area contributed by atoms with Crippen LogP contribution in [0.2, 0.25) is 0 Å². The third-order valence-corrected chi connectivity index (χ3v) is 7.64. The van der Waals surface area contributed by atoms with Gasteiger partial charge in [0.15, 0.2) is 0 Å². The first-order valence-corrected chi connectivity index (χ1v) is 14.1. The molecular formula is C34H37NO4S. The molecule has 1 saturated carbocycles. The third-order valence-electron chi connectivity index (χ3n) is 7.37. The number of aryl methyl sites for hydroxylation is 1. The van der Waals surface area contributed by atoms with E-state index in [0.717, 1.165) is 35.4 Å². The van der Waals surface area contributed by atoms with E-state index in [9.17, 15) is 0 Å². The maximum Gasteiger partial charge on any atom is 0.300 e. The number of hydrogen-bond donors (Lipinski definition) is 4. The van der Waals surface area contributed by atoms with Crippen molar-refractivity contribution >= 4 is 24.3 Å². The van der Waals surface area contributed by atoms with Crippen molar-refractivity contribution < 1.29 is 19.7 Å². The van der Waals surface area contributed by atoms with Crippen LogP contribution >= 0.6 is 12.6 Å². The molecule has 0 atom stereocenters. The Morgan fingerprint density at radius 1 is 0.850 bits per heavy atom. The van der Waals surface area contributed by atoms with Crippen LogP contribution in [-0.2, 0) is 10.2 Å². The van der Waals surface area contributed by atoms with Gasteiger partial charge in [-0.2, -0.15) is 0 Å². The molecule has 0 aromatic heterocycles. The summed E-state index contributed by atoms with van der Waals surface area (Å²) in [5.74, 6) is 1.23. The Labute approximate surface area is 242 Å². The van der Waals surface area contributed by atoms with Crippen LogP contribution in [0.5, 0.6) is 17.2 Å². The molecule has 1 spiro atoms. The molecule has 0 amide bonds. The fourth-order valence-electron chi connectivity index (χ4n) is 5.33. The monoisotopic (exact) mass is 555 g/mol. The van der Waals surface area contributed by atoms with Crippen molar-refractivity contribution in [2.45, 2.75) is 56.3 Å². The van der Waals surface area contributed by atoms with Gasteiger partial charge in [0.25, 0.3) is 5.97 Å². The predicted molar refractivity (Wildman–Crippen MR) is 165 cm³/mol. The lowest BCUT2D eigenvalue weighted by Crippen LogP contribution is -2.30. The second-order valence-corrected chi connectivity index (χ2v) is 10.9. The highest BCUT2D eigenvalue weighted by molar-refractivity contribution is 7.80. The molecule has 1 heterocycles. The van der Waals surface area contributed by atoms with Gasteiger partial charge in [-0.25, -0.2) is 0 Å². The number of fused-ring (bicyclic) bond motifs is 2. The van der Waals surface area contributed by atoms with Crippen molar-refractivity contribution in [3.63, 3.8) is 0 Å². The maximum atomic E-state index is 9.01. The van der Waals surface area contributed by atoms with Crippen LogP contribution in [0.3, 0.4) is 0 Å². The molecule has 0 unspecified atom stereocenters. The van der Waals surface area contributed by atoms with E-state index in [2.05, 4.69) is 60.4 Å². The number of carboxylic acids is 1. The molecule has 3 N–H and O–H groups in total. The topological polar surface area (TPSA) is 78.8 Å². The number of carboxylic acid groups (broad SMARTS) is 1. The summed E-state index contributed by atoms with van der Waals surface area (Å²) in [6.45, 7) is 4.03. The zero-order valence-corrected chi connectivity index (χ0v) is 24.0. The summed E-state index contributed by atoms with van der Waals surface area (Å²) < 4.78 is 5.92. The molecule has 5 nitrogen and oxygen atoms in total. The molecule has 0 radical (unpaired) electrons. The van der Waals surface area contributed by atoms with Gasteiger partial charge in [-0.15, -0.1) is 12.6 Å². The minimum Gasteiger partial charge on any atom is -0.508 e. The second-order valence-electron chi connectivity index (χ2n) is 10.4. The number of anilines is 1. The van der Waals surface area contributed by atoms with E-state index in [4.69, 9.17) is 19.7 Å². The van der Waals surface area contributed by atoms with Gasteiger partial charge in [0.2, 0.25) is 0 Å². The molecule has 1 aliphatic heterocycles. The molecule has 1 fully saturated rings. The molecular weight excluding hydrogens is 518 g/mol. The first kappa shape index (κ1) is 29.1. The normalized spacial score (nSPS) is 14.5. The zero-order chi connectivity index (χ0) is 28.5. The lowest BCUT2D eigenvalue weighted by Gasteiger charge is -2.33. The summed E-state index contributed by atoms with van der Waals surface area (Å²) in [5.41, 5.74) is 6.64. The molecule has 6 heteroatoms. The average molecular weight is 556 g/mol. The molecule has 4 aromatic carbocycles. The van der Waals surface area contributed by atoms with Gasteiger partial charge in [0.1, 0.15) is 17.2 Å². The number of phenolic OH excluding ortho intramolecular Hbond substituents is 1. The minimum atomic E-state index is -0.833. The highest BCUT2D eigenvalue weighted by Gasteiger charge is 2.39. The van der Waals surface area contributed by atoms with Gasteiger partial charge in [0.05, 0.1) is 0 Å². The van der Waals surface area contributed by atoms with Crippen LogP contribution in [0.4, 0.5) is 5.69 Å². The SMILES string of the molecule is CC(=O)O.Cc1cc(S)ccc1O.c1ccc(Oc2ccc(-c3ccc4c(c3)C3(CCCCC3)CN4)cc2)cc1. The Morgan fingerprint density at radius 2 is 1.48 bits per heavy atom. The van der Waals surface area contributed by atoms with Crippen molar-refractivity contribution in [1.82, 2.24) is 0 Å². The summed E-state index contributed by atoms with van der Waals surface area (Å²) in [7, 11) is 0. The highest BCUT2D eigenvalue weighted by Crippen LogP contribution is 2.47. The minimum absolute atomic E-state index is 0.327. The highest BCUT2D eigenvalue weighted by atomic mass is 32.1. The van der Waals surface area contributed by atoms with Crippen molar-refractivity contribution in [2.24, 2.45) is 0 Å². The molecule has 1 aliphatic carbocycles. The van der Waals surface area contributed by atoms with Gasteiger partial charge in [-0.1, -0.05) is 55.7 Å². The smallest absolute Gasteiger partial charge is 0.300 e. The number of aromatic hydroxyl groups is 1. The van der Waals surface area contributed by atoms with Crippen molar-refractivity contribution in [2.75, 3.05) is 11.9 Å². The Kier molecular flexibility index (Phi) is 9.78. The van der Waals surface area contributed by atoms with Crippen molar-refractivity contribution in [3.8, 4) is 28.4 Å². The number of phenols is 1. The van der Waals surface area contributed by atoms with Crippen molar-refractivity contribution in [1.29, 1.82) is 0 Å². The van der Waals surface area contributed by atoms with Gasteiger partial charge in [-0.3, -0.25) is 4.79 Å². The van der Waals surface area contributed by atoms with Crippen LogP contribution in [0.1, 0.15) is 50.2 Å². The van der Waals surface area contributed by atoms with E-state index in [1.807, 2.05) is 43.3 Å². The number of thiol groups is 1. The molecule has 208 valence electrons. The van der Waals surface area contributed by atoms with Crippen LogP contribution < -0.4 is 10.1 Å². The van der Waals surface area contributed by atoms with E-state index < -0.39 is 5.97 Å². The predicted octanol–water partition coefficient (Wildman–Crippen LogP) is 8.85. The average Bonchev–Trinajstić information content (AvgIpc) is 3.29. The van der Waals surface area contributed by atoms with Crippen LogP contribution in [-0.4, -0.2) is 22.7 Å². The number of carbonyl (C=O) groups is 1. The van der Waals surface area contributed by atoms with Gasteiger partial charge in [0, 0.05) is 29.5 Å². The summed E-state index contributed by atoms with van der Waals surface area (Å²) in [4.78, 5) is 9.88. The number of hydrogen-bond acceptors (Lipinski definition) is 5. The molecule has 2 aliphatic rings. The first-order chi connectivity index (χ1) is 19.3. The van der Waals surface area contributed by atoms with Gasteiger partial charge < -0.3 is 20.3 Å². The van der Waals surface area contributed by atoms with E-state index in [1.165, 1.54) is 54.5 Å². The third kappa shape index (κ3) is 7.60. The lowest BCUT2D eigenvalue weighted by atomic mass is 9.70. The van der Waals surface area contributed by atoms with Crippen LogP contribution in [0, 0.1) is 6.92 Å². The van der Waals surface area contributed by atoms with Crippen LogP contribution in [0.15, 0.2) is 95.9 Å².